The highest BCUT2D eigenvalue weighted by molar-refractivity contribution is 7.99. The quantitative estimate of drug-likeness (QED) is 0.694. The zero-order valence-corrected chi connectivity index (χ0v) is 8.51. The van der Waals surface area contributed by atoms with Gasteiger partial charge in [-0.25, -0.2) is 0 Å². The Morgan fingerprint density at radius 2 is 2.00 bits per heavy atom. The first-order valence-electron chi connectivity index (χ1n) is 3.95. The molecule has 0 spiro atoms. The van der Waals surface area contributed by atoms with Crippen LogP contribution in [0.1, 0.15) is 10.8 Å². The number of carbonyl (C=O) groups excluding carboxylic acids is 1. The summed E-state index contributed by atoms with van der Waals surface area (Å²) < 4.78 is 4.70. The predicted molar refractivity (Wildman–Crippen MR) is 54.7 cm³/mol. The van der Waals surface area contributed by atoms with Gasteiger partial charge in [-0.05, 0) is 11.8 Å². The molecule has 0 radical (unpaired) electrons. The molecule has 0 bridgehead atoms. The smallest absolute Gasteiger partial charge is 0.323 e. The fraction of sp³-hybridized carbons (Fsp3) is 0.300. The summed E-state index contributed by atoms with van der Waals surface area (Å²) in [6.07, 6.45) is 1.90. The van der Waals surface area contributed by atoms with E-state index in [1.165, 1.54) is 18.9 Å². The zero-order valence-electron chi connectivity index (χ0n) is 7.69. The number of benzene rings is 1. The maximum absolute atomic E-state index is 11.3. The Hall–Kier alpha value is -0.960. The minimum Gasteiger partial charge on any atom is -0.468 e. The summed E-state index contributed by atoms with van der Waals surface area (Å²) in [6, 6.07) is 9.62. The van der Waals surface area contributed by atoms with Crippen molar-refractivity contribution in [2.45, 2.75) is 5.25 Å². The van der Waals surface area contributed by atoms with Crippen LogP contribution in [0.4, 0.5) is 0 Å². The van der Waals surface area contributed by atoms with E-state index in [4.69, 9.17) is 4.74 Å². The van der Waals surface area contributed by atoms with Crippen LogP contribution < -0.4 is 0 Å². The molecule has 1 atom stereocenters. The lowest BCUT2D eigenvalue weighted by molar-refractivity contribution is -0.140. The Bertz CT molecular complexity index is 272. The fourth-order valence-corrected chi connectivity index (χ4v) is 1.82. The molecule has 3 heteroatoms. The standard InChI is InChI=1S/C10H12O2S/c1-12-10(11)9(13-2)8-6-4-3-5-7-8/h3-7,9H,1-2H3/t9-/m0/s1. The summed E-state index contributed by atoms with van der Waals surface area (Å²) in [5, 5.41) is -0.203. The molecule has 2 nitrogen and oxygen atoms in total. The first-order chi connectivity index (χ1) is 6.29. The largest absolute Gasteiger partial charge is 0.468 e. The zero-order chi connectivity index (χ0) is 9.68. The molecule has 0 aliphatic rings. The molecule has 1 aromatic carbocycles. The number of rotatable bonds is 3. The van der Waals surface area contributed by atoms with Crippen LogP contribution in [0.5, 0.6) is 0 Å². The van der Waals surface area contributed by atoms with Gasteiger partial charge in [-0.3, -0.25) is 4.79 Å². The fourth-order valence-electron chi connectivity index (χ4n) is 1.10. The number of thioether (sulfide) groups is 1. The summed E-state index contributed by atoms with van der Waals surface area (Å²) in [5.74, 6) is -0.196. The van der Waals surface area contributed by atoms with Crippen LogP contribution in [-0.2, 0) is 9.53 Å². The van der Waals surface area contributed by atoms with Gasteiger partial charge in [0, 0.05) is 0 Å². The minimum atomic E-state index is -0.203. The minimum absolute atomic E-state index is 0.196. The van der Waals surface area contributed by atoms with E-state index >= 15 is 0 Å². The molecule has 1 aromatic rings. The maximum Gasteiger partial charge on any atom is 0.323 e. The first kappa shape index (κ1) is 10.1. The summed E-state index contributed by atoms with van der Waals surface area (Å²) in [4.78, 5) is 11.3. The summed E-state index contributed by atoms with van der Waals surface area (Å²) in [5.41, 5.74) is 0.988. The van der Waals surface area contributed by atoms with Gasteiger partial charge >= 0.3 is 5.97 Å². The van der Waals surface area contributed by atoms with Crippen molar-refractivity contribution >= 4 is 17.7 Å². The Kier molecular flexibility index (Phi) is 3.83. The molecule has 0 saturated heterocycles. The van der Waals surface area contributed by atoms with E-state index in [1.807, 2.05) is 36.6 Å². The molecule has 70 valence electrons. The molecule has 0 aromatic heterocycles. The molecular formula is C10H12O2S. The summed E-state index contributed by atoms with van der Waals surface area (Å²) in [6.45, 7) is 0. The van der Waals surface area contributed by atoms with Gasteiger partial charge in [-0.2, -0.15) is 0 Å². The van der Waals surface area contributed by atoms with Crippen LogP contribution >= 0.6 is 11.8 Å². The molecule has 1 rings (SSSR count). The molecule has 0 heterocycles. The number of esters is 1. The van der Waals surface area contributed by atoms with Crippen molar-refractivity contribution in [3.05, 3.63) is 35.9 Å². The lowest BCUT2D eigenvalue weighted by Gasteiger charge is -2.11. The van der Waals surface area contributed by atoms with Crippen molar-refractivity contribution in [3.63, 3.8) is 0 Å². The van der Waals surface area contributed by atoms with Gasteiger partial charge in [0.15, 0.2) is 0 Å². The van der Waals surface area contributed by atoms with E-state index in [0.29, 0.717) is 0 Å². The second-order valence-corrected chi connectivity index (χ2v) is 3.49. The van der Waals surface area contributed by atoms with Gasteiger partial charge in [0.25, 0.3) is 0 Å². The molecular weight excluding hydrogens is 184 g/mol. The second kappa shape index (κ2) is 4.92. The average molecular weight is 196 g/mol. The normalized spacial score (nSPS) is 12.2. The SMILES string of the molecule is COC(=O)[C@@H](SC)c1ccccc1. The van der Waals surface area contributed by atoms with Crippen LogP contribution in [0.15, 0.2) is 30.3 Å². The first-order valence-corrected chi connectivity index (χ1v) is 5.24. The van der Waals surface area contributed by atoms with Crippen molar-refractivity contribution in [1.29, 1.82) is 0 Å². The average Bonchev–Trinajstić information content (AvgIpc) is 2.20. The Balaban J connectivity index is 2.85. The second-order valence-electron chi connectivity index (χ2n) is 2.55. The van der Waals surface area contributed by atoms with Crippen LogP contribution in [0.2, 0.25) is 0 Å². The van der Waals surface area contributed by atoms with E-state index in [9.17, 15) is 4.79 Å². The van der Waals surface area contributed by atoms with Gasteiger partial charge in [-0.15, -0.1) is 11.8 Å². The Morgan fingerprint density at radius 3 is 2.46 bits per heavy atom. The highest BCUT2D eigenvalue weighted by atomic mass is 32.2. The molecule has 0 unspecified atom stereocenters. The summed E-state index contributed by atoms with van der Waals surface area (Å²) >= 11 is 1.48. The van der Waals surface area contributed by atoms with Crippen LogP contribution in [0.25, 0.3) is 0 Å². The third-order valence-electron chi connectivity index (χ3n) is 1.75. The molecule has 0 N–H and O–H groups in total. The van der Waals surface area contributed by atoms with E-state index in [2.05, 4.69) is 0 Å². The monoisotopic (exact) mass is 196 g/mol. The number of hydrogen-bond donors (Lipinski definition) is 0. The maximum atomic E-state index is 11.3. The van der Waals surface area contributed by atoms with E-state index in [-0.39, 0.29) is 11.2 Å². The third kappa shape index (κ3) is 2.49. The molecule has 0 fully saturated rings. The Labute approximate surface area is 82.3 Å². The van der Waals surface area contributed by atoms with Crippen LogP contribution in [-0.4, -0.2) is 19.3 Å². The Morgan fingerprint density at radius 1 is 1.38 bits per heavy atom. The van der Waals surface area contributed by atoms with E-state index in [1.54, 1.807) is 0 Å². The highest BCUT2D eigenvalue weighted by Crippen LogP contribution is 2.27. The topological polar surface area (TPSA) is 26.3 Å². The van der Waals surface area contributed by atoms with Crippen LogP contribution in [0.3, 0.4) is 0 Å². The number of carbonyl (C=O) groups is 1. The van der Waals surface area contributed by atoms with Crippen molar-refractivity contribution < 1.29 is 9.53 Å². The van der Waals surface area contributed by atoms with Gasteiger partial charge in [0.2, 0.25) is 0 Å². The summed E-state index contributed by atoms with van der Waals surface area (Å²) in [7, 11) is 1.41. The van der Waals surface area contributed by atoms with E-state index in [0.717, 1.165) is 5.56 Å². The van der Waals surface area contributed by atoms with Gasteiger partial charge in [0.05, 0.1) is 7.11 Å². The third-order valence-corrected chi connectivity index (χ3v) is 2.69. The van der Waals surface area contributed by atoms with Crippen molar-refractivity contribution in [2.24, 2.45) is 0 Å². The number of ether oxygens (including phenoxy) is 1. The van der Waals surface area contributed by atoms with Gasteiger partial charge < -0.3 is 4.74 Å². The number of methoxy groups -OCH3 is 1. The lowest BCUT2D eigenvalue weighted by Crippen LogP contribution is -2.10. The van der Waals surface area contributed by atoms with Gasteiger partial charge in [-0.1, -0.05) is 30.3 Å². The molecule has 13 heavy (non-hydrogen) atoms. The predicted octanol–water partition coefficient (Wildman–Crippen LogP) is 2.26. The van der Waals surface area contributed by atoms with Gasteiger partial charge in [0.1, 0.15) is 5.25 Å². The lowest BCUT2D eigenvalue weighted by atomic mass is 10.1. The molecule has 0 aliphatic carbocycles. The molecule has 0 amide bonds. The molecule has 0 aliphatic heterocycles. The molecule has 0 saturated carbocycles. The van der Waals surface area contributed by atoms with Crippen molar-refractivity contribution in [1.82, 2.24) is 0 Å². The van der Waals surface area contributed by atoms with Crippen molar-refractivity contribution in [3.8, 4) is 0 Å². The number of hydrogen-bond acceptors (Lipinski definition) is 3. The van der Waals surface area contributed by atoms with Crippen LogP contribution in [0, 0.1) is 0 Å². The van der Waals surface area contributed by atoms with E-state index < -0.39 is 0 Å². The highest BCUT2D eigenvalue weighted by Gasteiger charge is 2.19. The van der Waals surface area contributed by atoms with Crippen molar-refractivity contribution in [2.75, 3.05) is 13.4 Å².